The van der Waals surface area contributed by atoms with Crippen LogP contribution in [0.4, 0.5) is 0 Å². The van der Waals surface area contributed by atoms with E-state index >= 15 is 0 Å². The van der Waals surface area contributed by atoms with Gasteiger partial charge in [0.2, 0.25) is 0 Å². The van der Waals surface area contributed by atoms with Crippen molar-refractivity contribution in [1.82, 2.24) is 20.8 Å². The third-order valence-corrected chi connectivity index (χ3v) is 3.40. The van der Waals surface area contributed by atoms with Crippen LogP contribution in [0.2, 0.25) is 0 Å². The Labute approximate surface area is 131 Å². The highest BCUT2D eigenvalue weighted by atomic mass is 16.5. The third-order valence-electron chi connectivity index (χ3n) is 3.40. The van der Waals surface area contributed by atoms with Crippen LogP contribution < -0.4 is 10.6 Å². The van der Waals surface area contributed by atoms with Crippen molar-refractivity contribution in [3.8, 4) is 0 Å². The van der Waals surface area contributed by atoms with E-state index in [2.05, 4.69) is 32.7 Å². The van der Waals surface area contributed by atoms with E-state index < -0.39 is 0 Å². The second-order valence-electron chi connectivity index (χ2n) is 5.27. The van der Waals surface area contributed by atoms with E-state index in [4.69, 9.17) is 9.47 Å². The Morgan fingerprint density at radius 1 is 1.55 bits per heavy atom. The minimum absolute atomic E-state index is 0.307. The SMILES string of the molecule is CCNC(=NCc1ccn[nH]1)NCCCOCC1CCCO1. The van der Waals surface area contributed by atoms with E-state index in [1.807, 2.05) is 6.07 Å². The zero-order valence-electron chi connectivity index (χ0n) is 13.3. The zero-order chi connectivity index (χ0) is 15.5. The number of rotatable bonds is 9. The Balaban J connectivity index is 1.56. The summed E-state index contributed by atoms with van der Waals surface area (Å²) in [7, 11) is 0. The number of hydrogen-bond donors (Lipinski definition) is 3. The van der Waals surface area contributed by atoms with Crippen molar-refractivity contribution >= 4 is 5.96 Å². The molecule has 3 N–H and O–H groups in total. The largest absolute Gasteiger partial charge is 0.379 e. The molecular weight excluding hydrogens is 282 g/mol. The number of ether oxygens (including phenoxy) is 2. The lowest BCUT2D eigenvalue weighted by molar-refractivity contribution is 0.0168. The minimum atomic E-state index is 0.307. The van der Waals surface area contributed by atoms with Gasteiger partial charge in [-0.15, -0.1) is 0 Å². The van der Waals surface area contributed by atoms with Crippen molar-refractivity contribution in [1.29, 1.82) is 0 Å². The van der Waals surface area contributed by atoms with Crippen molar-refractivity contribution in [3.05, 3.63) is 18.0 Å². The lowest BCUT2D eigenvalue weighted by Crippen LogP contribution is -2.38. The molecule has 2 heterocycles. The van der Waals surface area contributed by atoms with Crippen LogP contribution in [-0.4, -0.2) is 55.2 Å². The molecule has 2 rings (SSSR count). The average molecular weight is 309 g/mol. The maximum absolute atomic E-state index is 5.64. The highest BCUT2D eigenvalue weighted by Gasteiger charge is 2.14. The first-order valence-corrected chi connectivity index (χ1v) is 8.08. The quantitative estimate of drug-likeness (QED) is 0.361. The first-order valence-electron chi connectivity index (χ1n) is 8.08. The summed E-state index contributed by atoms with van der Waals surface area (Å²) in [4.78, 5) is 4.50. The smallest absolute Gasteiger partial charge is 0.191 e. The van der Waals surface area contributed by atoms with E-state index in [1.54, 1.807) is 6.20 Å². The molecule has 1 fully saturated rings. The van der Waals surface area contributed by atoms with Gasteiger partial charge in [0.1, 0.15) is 0 Å². The molecule has 0 amide bonds. The van der Waals surface area contributed by atoms with Gasteiger partial charge in [-0.25, -0.2) is 4.99 Å². The predicted molar refractivity (Wildman–Crippen MR) is 85.8 cm³/mol. The number of nitrogens with zero attached hydrogens (tertiary/aromatic N) is 2. The summed E-state index contributed by atoms with van der Waals surface area (Å²) in [5.41, 5.74) is 0.997. The Hall–Kier alpha value is -1.60. The Morgan fingerprint density at radius 3 is 3.23 bits per heavy atom. The molecule has 124 valence electrons. The molecule has 1 aromatic rings. The molecule has 1 aliphatic heterocycles. The number of aromatic amines is 1. The molecule has 1 unspecified atom stereocenters. The van der Waals surface area contributed by atoms with Gasteiger partial charge in [-0.3, -0.25) is 5.10 Å². The monoisotopic (exact) mass is 309 g/mol. The molecule has 1 aliphatic rings. The summed E-state index contributed by atoms with van der Waals surface area (Å²) in [5, 5.41) is 13.3. The summed E-state index contributed by atoms with van der Waals surface area (Å²) >= 11 is 0. The van der Waals surface area contributed by atoms with Crippen LogP contribution in [0.5, 0.6) is 0 Å². The number of aliphatic imine (C=N–C) groups is 1. The Morgan fingerprint density at radius 2 is 2.50 bits per heavy atom. The van der Waals surface area contributed by atoms with Crippen molar-refractivity contribution in [2.45, 2.75) is 38.8 Å². The summed E-state index contributed by atoms with van der Waals surface area (Å²) < 4.78 is 11.2. The summed E-state index contributed by atoms with van der Waals surface area (Å²) in [6.07, 6.45) is 5.27. The first-order chi connectivity index (χ1) is 10.9. The maximum atomic E-state index is 5.64. The fourth-order valence-electron chi connectivity index (χ4n) is 2.25. The molecule has 1 saturated heterocycles. The standard InChI is InChI=1S/C15H27N5O2/c1-2-16-15(18-11-13-6-8-19-20-13)17-7-4-9-21-12-14-5-3-10-22-14/h6,8,14H,2-5,7,9-12H2,1H3,(H,19,20)(H2,16,17,18). The van der Waals surface area contributed by atoms with Crippen LogP contribution in [0.15, 0.2) is 17.3 Å². The molecule has 0 aliphatic carbocycles. The second kappa shape index (κ2) is 10.2. The summed E-state index contributed by atoms with van der Waals surface area (Å²) in [6.45, 7) is 6.66. The highest BCUT2D eigenvalue weighted by Crippen LogP contribution is 2.11. The molecule has 0 saturated carbocycles. The molecule has 0 bridgehead atoms. The Bertz CT molecular complexity index is 416. The fraction of sp³-hybridized carbons (Fsp3) is 0.733. The van der Waals surface area contributed by atoms with Crippen LogP contribution in [0, 0.1) is 0 Å². The van der Waals surface area contributed by atoms with E-state index in [0.717, 1.165) is 57.2 Å². The van der Waals surface area contributed by atoms with Crippen LogP contribution in [0.1, 0.15) is 31.9 Å². The highest BCUT2D eigenvalue weighted by molar-refractivity contribution is 5.79. The number of aromatic nitrogens is 2. The lowest BCUT2D eigenvalue weighted by Gasteiger charge is -2.12. The molecule has 0 spiro atoms. The van der Waals surface area contributed by atoms with Crippen molar-refractivity contribution < 1.29 is 9.47 Å². The van der Waals surface area contributed by atoms with E-state index in [9.17, 15) is 0 Å². The van der Waals surface area contributed by atoms with Gasteiger partial charge in [-0.05, 0) is 32.3 Å². The molecule has 0 radical (unpaired) electrons. The Kier molecular flexibility index (Phi) is 7.76. The zero-order valence-corrected chi connectivity index (χ0v) is 13.3. The molecule has 22 heavy (non-hydrogen) atoms. The van der Waals surface area contributed by atoms with Gasteiger partial charge in [-0.2, -0.15) is 5.10 Å². The average Bonchev–Trinajstić information content (AvgIpc) is 3.21. The number of guanidine groups is 1. The molecule has 1 atom stereocenters. The van der Waals surface area contributed by atoms with Crippen molar-refractivity contribution in [2.75, 3.05) is 32.9 Å². The minimum Gasteiger partial charge on any atom is -0.379 e. The fourth-order valence-corrected chi connectivity index (χ4v) is 2.25. The molecule has 7 heteroatoms. The van der Waals surface area contributed by atoms with Gasteiger partial charge in [0, 0.05) is 32.5 Å². The van der Waals surface area contributed by atoms with E-state index in [1.165, 1.54) is 0 Å². The third kappa shape index (κ3) is 6.44. The predicted octanol–water partition coefficient (Wildman–Crippen LogP) is 1.05. The van der Waals surface area contributed by atoms with Gasteiger partial charge in [0.25, 0.3) is 0 Å². The van der Waals surface area contributed by atoms with Gasteiger partial charge in [0.05, 0.1) is 24.9 Å². The first kappa shape index (κ1) is 16.8. The second-order valence-corrected chi connectivity index (χ2v) is 5.27. The van der Waals surface area contributed by atoms with Crippen molar-refractivity contribution in [3.63, 3.8) is 0 Å². The summed E-state index contributed by atoms with van der Waals surface area (Å²) in [6, 6.07) is 1.92. The van der Waals surface area contributed by atoms with Gasteiger partial charge >= 0.3 is 0 Å². The van der Waals surface area contributed by atoms with E-state index in [-0.39, 0.29) is 0 Å². The van der Waals surface area contributed by atoms with Gasteiger partial charge < -0.3 is 20.1 Å². The lowest BCUT2D eigenvalue weighted by atomic mass is 10.2. The van der Waals surface area contributed by atoms with Gasteiger partial charge in [-0.1, -0.05) is 0 Å². The summed E-state index contributed by atoms with van der Waals surface area (Å²) in [5.74, 6) is 0.816. The van der Waals surface area contributed by atoms with E-state index in [0.29, 0.717) is 19.3 Å². The van der Waals surface area contributed by atoms with Crippen LogP contribution >= 0.6 is 0 Å². The molecule has 1 aromatic heterocycles. The maximum Gasteiger partial charge on any atom is 0.191 e. The van der Waals surface area contributed by atoms with Gasteiger partial charge in [0.15, 0.2) is 5.96 Å². The van der Waals surface area contributed by atoms with Crippen LogP contribution in [-0.2, 0) is 16.0 Å². The van der Waals surface area contributed by atoms with Crippen LogP contribution in [0.3, 0.4) is 0 Å². The number of H-pyrrole nitrogens is 1. The van der Waals surface area contributed by atoms with Crippen LogP contribution in [0.25, 0.3) is 0 Å². The van der Waals surface area contributed by atoms with Crippen molar-refractivity contribution in [2.24, 2.45) is 4.99 Å². The molecular formula is C15H27N5O2. The number of nitrogens with one attached hydrogen (secondary N) is 3. The molecule has 7 nitrogen and oxygen atoms in total. The normalized spacial score (nSPS) is 18.6. The topological polar surface area (TPSA) is 83.6 Å². The number of hydrogen-bond acceptors (Lipinski definition) is 4. The molecule has 0 aromatic carbocycles.